The lowest BCUT2D eigenvalue weighted by Gasteiger charge is -2.18. The predicted octanol–water partition coefficient (Wildman–Crippen LogP) is -0.518. The first-order valence-corrected chi connectivity index (χ1v) is 8.44. The van der Waals surface area contributed by atoms with Gasteiger partial charge in [-0.3, -0.25) is 4.79 Å². The molecule has 0 spiro atoms. The van der Waals surface area contributed by atoms with Crippen LogP contribution in [0.1, 0.15) is 36.3 Å². The summed E-state index contributed by atoms with van der Waals surface area (Å²) in [5.41, 5.74) is 2.72. The number of carbonyl (C=O) groups excluding carboxylic acids is 1. The Morgan fingerprint density at radius 1 is 1.00 bits per heavy atom. The molecule has 2 aromatic rings. The van der Waals surface area contributed by atoms with Gasteiger partial charge in [-0.2, -0.15) is 0 Å². The van der Waals surface area contributed by atoms with Crippen LogP contribution in [0.3, 0.4) is 0 Å². The first kappa shape index (κ1) is 18.7. The second kappa shape index (κ2) is 9.60. The van der Waals surface area contributed by atoms with E-state index in [1.54, 1.807) is 0 Å². The Morgan fingerprint density at radius 3 is 2.08 bits per heavy atom. The Labute approximate surface area is 154 Å². The summed E-state index contributed by atoms with van der Waals surface area (Å²) >= 11 is 0. The van der Waals surface area contributed by atoms with Crippen LogP contribution >= 0.6 is 0 Å². The summed E-state index contributed by atoms with van der Waals surface area (Å²) in [6.45, 7) is 1.91. The van der Waals surface area contributed by atoms with E-state index in [-0.39, 0.29) is 29.1 Å². The van der Waals surface area contributed by atoms with Crippen LogP contribution < -0.4 is 22.3 Å². The maximum Gasteiger partial charge on any atom is 0.306 e. The van der Waals surface area contributed by atoms with Crippen molar-refractivity contribution in [2.75, 3.05) is 13.1 Å². The summed E-state index contributed by atoms with van der Waals surface area (Å²) in [5, 5.41) is 2.28. The molecule has 0 unspecified atom stereocenters. The van der Waals surface area contributed by atoms with Gasteiger partial charge in [-0.1, -0.05) is 60.7 Å². The van der Waals surface area contributed by atoms with Crippen LogP contribution in [0.5, 0.6) is 0 Å². The Morgan fingerprint density at radius 2 is 1.58 bits per heavy atom. The zero-order valence-electron chi connectivity index (χ0n) is 13.7. The summed E-state index contributed by atoms with van der Waals surface area (Å²) < 4.78 is 5.27. The summed E-state index contributed by atoms with van der Waals surface area (Å²) in [5.74, 6) is 0.370. The van der Waals surface area contributed by atoms with E-state index in [2.05, 4.69) is 66.0 Å². The van der Waals surface area contributed by atoms with E-state index in [4.69, 9.17) is 4.74 Å². The van der Waals surface area contributed by atoms with E-state index < -0.39 is 0 Å². The largest absolute Gasteiger partial charge is 1.00 e. The van der Waals surface area contributed by atoms with Crippen LogP contribution in [0.2, 0.25) is 0 Å². The van der Waals surface area contributed by atoms with Crippen LogP contribution in [-0.2, 0) is 9.53 Å². The van der Waals surface area contributed by atoms with E-state index in [0.29, 0.717) is 12.3 Å². The quantitative estimate of drug-likeness (QED) is 0.511. The number of halogens is 1. The predicted molar refractivity (Wildman–Crippen MR) is 90.1 cm³/mol. The molecule has 3 rings (SSSR count). The standard InChI is InChI=1S/C20H23NO2.BrH/c22-20-12-11-18(23-20)15-21-14-13-19(16-7-3-1-4-8-16)17-9-5-2-6-10-17;/h1-10,18-19,21H,11-15H2;1H/t18-;/m1./s1. The minimum atomic E-state index is -0.0464. The molecule has 0 aliphatic carbocycles. The number of nitrogens with two attached hydrogens (primary N) is 1. The monoisotopic (exact) mass is 389 g/mol. The van der Waals surface area contributed by atoms with E-state index in [1.807, 2.05) is 0 Å². The van der Waals surface area contributed by atoms with Crippen LogP contribution in [-0.4, -0.2) is 25.2 Å². The Balaban J connectivity index is 0.00000208. The van der Waals surface area contributed by atoms with E-state index in [0.717, 1.165) is 25.9 Å². The second-order valence-corrected chi connectivity index (χ2v) is 6.13. The van der Waals surface area contributed by atoms with Gasteiger partial charge < -0.3 is 27.0 Å². The van der Waals surface area contributed by atoms with Gasteiger partial charge in [-0.15, -0.1) is 0 Å². The smallest absolute Gasteiger partial charge is 0.306 e. The molecule has 0 amide bonds. The third-order valence-corrected chi connectivity index (χ3v) is 4.46. The fourth-order valence-electron chi connectivity index (χ4n) is 3.23. The molecule has 0 aromatic heterocycles. The highest BCUT2D eigenvalue weighted by Gasteiger charge is 2.24. The number of hydrogen-bond donors (Lipinski definition) is 1. The zero-order valence-corrected chi connectivity index (χ0v) is 15.3. The highest BCUT2D eigenvalue weighted by Crippen LogP contribution is 2.26. The lowest BCUT2D eigenvalue weighted by Crippen LogP contribution is -3.00. The summed E-state index contributed by atoms with van der Waals surface area (Å²) in [6.07, 6.45) is 2.63. The van der Waals surface area contributed by atoms with Crippen LogP contribution in [0, 0.1) is 0 Å². The topological polar surface area (TPSA) is 42.9 Å². The molecule has 2 N–H and O–H groups in total. The second-order valence-electron chi connectivity index (χ2n) is 6.13. The molecule has 1 fully saturated rings. The normalized spacial score (nSPS) is 16.7. The van der Waals surface area contributed by atoms with Crippen molar-refractivity contribution in [3.05, 3.63) is 71.8 Å². The van der Waals surface area contributed by atoms with Gasteiger partial charge in [-0.25, -0.2) is 0 Å². The number of ether oxygens (including phenoxy) is 1. The van der Waals surface area contributed by atoms with Crippen LogP contribution in [0.4, 0.5) is 0 Å². The molecule has 0 radical (unpaired) electrons. The van der Waals surface area contributed by atoms with Crippen molar-refractivity contribution in [2.24, 2.45) is 0 Å². The molecule has 1 aliphatic rings. The van der Waals surface area contributed by atoms with Gasteiger partial charge in [0.25, 0.3) is 0 Å². The number of esters is 1. The molecule has 24 heavy (non-hydrogen) atoms. The minimum absolute atomic E-state index is 0. The molecule has 4 heteroatoms. The first-order chi connectivity index (χ1) is 11.3. The lowest BCUT2D eigenvalue weighted by atomic mass is 9.88. The fourth-order valence-corrected chi connectivity index (χ4v) is 3.23. The van der Waals surface area contributed by atoms with Gasteiger partial charge in [0, 0.05) is 25.2 Å². The highest BCUT2D eigenvalue weighted by molar-refractivity contribution is 5.71. The number of benzene rings is 2. The molecular formula is C20H24BrNO2. The van der Waals surface area contributed by atoms with Crippen molar-refractivity contribution >= 4 is 5.97 Å². The Hall–Kier alpha value is -1.65. The molecule has 0 saturated carbocycles. The van der Waals surface area contributed by atoms with E-state index in [1.165, 1.54) is 11.1 Å². The molecule has 1 aliphatic heterocycles. The maximum atomic E-state index is 11.1. The molecule has 1 saturated heterocycles. The molecule has 1 atom stereocenters. The van der Waals surface area contributed by atoms with Gasteiger partial charge in [0.15, 0.2) is 6.10 Å². The molecule has 3 nitrogen and oxygen atoms in total. The number of quaternary nitrogens is 1. The van der Waals surface area contributed by atoms with Crippen molar-refractivity contribution in [1.29, 1.82) is 0 Å². The number of cyclic esters (lactones) is 1. The third-order valence-electron chi connectivity index (χ3n) is 4.46. The van der Waals surface area contributed by atoms with Gasteiger partial charge >= 0.3 is 5.97 Å². The van der Waals surface area contributed by atoms with Crippen molar-refractivity contribution in [3.63, 3.8) is 0 Å². The lowest BCUT2D eigenvalue weighted by molar-refractivity contribution is -0.660. The SMILES string of the molecule is O=C1CC[C@H](C[NH2+]CCC(c2ccccc2)c2ccccc2)O1.[Br-]. The Bertz CT molecular complexity index is 579. The number of hydrogen-bond acceptors (Lipinski definition) is 2. The van der Waals surface area contributed by atoms with Gasteiger partial charge in [0.1, 0.15) is 6.54 Å². The molecule has 0 bridgehead atoms. The Kier molecular flexibility index (Phi) is 7.47. The van der Waals surface area contributed by atoms with E-state index in [9.17, 15) is 4.79 Å². The van der Waals surface area contributed by atoms with Crippen molar-refractivity contribution in [1.82, 2.24) is 0 Å². The van der Waals surface area contributed by atoms with Crippen LogP contribution in [0.15, 0.2) is 60.7 Å². The van der Waals surface area contributed by atoms with Crippen LogP contribution in [0.25, 0.3) is 0 Å². The summed E-state index contributed by atoms with van der Waals surface area (Å²) in [4.78, 5) is 11.1. The minimum Gasteiger partial charge on any atom is -1.00 e. The summed E-state index contributed by atoms with van der Waals surface area (Å²) in [7, 11) is 0. The third kappa shape index (κ3) is 5.18. The van der Waals surface area contributed by atoms with Gasteiger partial charge in [0.05, 0.1) is 6.54 Å². The van der Waals surface area contributed by atoms with Crippen molar-refractivity contribution < 1.29 is 31.8 Å². The molecular weight excluding hydrogens is 366 g/mol. The van der Waals surface area contributed by atoms with Gasteiger partial charge in [0.2, 0.25) is 0 Å². The summed E-state index contributed by atoms with van der Waals surface area (Å²) in [6, 6.07) is 21.4. The first-order valence-electron chi connectivity index (χ1n) is 8.44. The molecule has 1 heterocycles. The number of rotatable bonds is 7. The molecule has 2 aromatic carbocycles. The van der Waals surface area contributed by atoms with Crippen molar-refractivity contribution in [2.45, 2.75) is 31.3 Å². The molecule has 128 valence electrons. The zero-order chi connectivity index (χ0) is 15.9. The average Bonchev–Trinajstić information content (AvgIpc) is 3.02. The average molecular weight is 390 g/mol. The highest BCUT2D eigenvalue weighted by atomic mass is 79.9. The fraction of sp³-hybridized carbons (Fsp3) is 0.350. The maximum absolute atomic E-state index is 11.1. The van der Waals surface area contributed by atoms with Gasteiger partial charge in [-0.05, 0) is 11.1 Å². The van der Waals surface area contributed by atoms with Crippen molar-refractivity contribution in [3.8, 4) is 0 Å². The number of carbonyl (C=O) groups is 1. The van der Waals surface area contributed by atoms with E-state index >= 15 is 0 Å².